The quantitative estimate of drug-likeness (QED) is 0.679. The smallest absolute Gasteiger partial charge is 0.304 e. The number of nitrogens with zero attached hydrogens (tertiary/aromatic N) is 1. The van der Waals surface area contributed by atoms with E-state index < -0.39 is 5.97 Å². The molecule has 1 aliphatic heterocycles. The first kappa shape index (κ1) is 11.5. The van der Waals surface area contributed by atoms with E-state index in [-0.39, 0.29) is 11.8 Å². The van der Waals surface area contributed by atoms with Crippen LogP contribution in [0.4, 0.5) is 0 Å². The Labute approximate surface area is 85.1 Å². The second-order valence-electron chi connectivity index (χ2n) is 4.30. The maximum atomic E-state index is 10.7. The molecule has 0 aromatic carbocycles. The fraction of sp³-hybridized carbons (Fsp3) is 0.900. The van der Waals surface area contributed by atoms with E-state index in [0.717, 1.165) is 32.5 Å². The highest BCUT2D eigenvalue weighted by atomic mass is 16.4. The Balaban J connectivity index is 2.52. The minimum absolute atomic E-state index is 0.166. The molecule has 0 aromatic rings. The van der Waals surface area contributed by atoms with Gasteiger partial charge in [-0.2, -0.15) is 0 Å². The minimum Gasteiger partial charge on any atom is -0.481 e. The Morgan fingerprint density at radius 1 is 1.64 bits per heavy atom. The second-order valence-corrected chi connectivity index (χ2v) is 4.30. The van der Waals surface area contributed by atoms with E-state index in [4.69, 9.17) is 10.8 Å². The molecule has 0 saturated carbocycles. The summed E-state index contributed by atoms with van der Waals surface area (Å²) >= 11 is 0. The maximum Gasteiger partial charge on any atom is 0.304 e. The number of carbonyl (C=O) groups is 1. The van der Waals surface area contributed by atoms with Crippen molar-refractivity contribution in [1.29, 1.82) is 0 Å². The number of aliphatic carboxylic acids is 1. The lowest BCUT2D eigenvalue weighted by atomic mass is 9.84. The van der Waals surface area contributed by atoms with Gasteiger partial charge < -0.3 is 15.7 Å². The van der Waals surface area contributed by atoms with Crippen molar-refractivity contribution in [2.75, 3.05) is 26.2 Å². The van der Waals surface area contributed by atoms with Gasteiger partial charge in [0.2, 0.25) is 0 Å². The van der Waals surface area contributed by atoms with Crippen LogP contribution in [0, 0.1) is 5.41 Å². The van der Waals surface area contributed by atoms with Crippen LogP contribution < -0.4 is 5.73 Å². The standard InChI is InChI=1S/C10H20N2O2/c1-2-4-12-5-3-10(7-11,8-12)6-9(13)14/h2-8,11H2,1H3,(H,13,14). The van der Waals surface area contributed by atoms with Gasteiger partial charge in [0.1, 0.15) is 0 Å². The second kappa shape index (κ2) is 4.75. The molecule has 0 amide bonds. The van der Waals surface area contributed by atoms with Gasteiger partial charge in [-0.25, -0.2) is 0 Å². The first-order chi connectivity index (χ1) is 6.62. The molecule has 1 aliphatic rings. The van der Waals surface area contributed by atoms with Gasteiger partial charge in [0, 0.05) is 12.0 Å². The summed E-state index contributed by atoms with van der Waals surface area (Å²) in [5.41, 5.74) is 5.52. The third-order valence-electron chi connectivity index (χ3n) is 3.02. The zero-order valence-corrected chi connectivity index (χ0v) is 8.83. The highest BCUT2D eigenvalue weighted by Crippen LogP contribution is 2.32. The van der Waals surface area contributed by atoms with Crippen LogP contribution in [-0.4, -0.2) is 42.2 Å². The molecular weight excluding hydrogens is 180 g/mol. The minimum atomic E-state index is -0.728. The summed E-state index contributed by atoms with van der Waals surface area (Å²) < 4.78 is 0. The molecule has 1 unspecified atom stereocenters. The van der Waals surface area contributed by atoms with Gasteiger partial charge in [0.25, 0.3) is 0 Å². The topological polar surface area (TPSA) is 66.6 Å². The van der Waals surface area contributed by atoms with E-state index in [1.165, 1.54) is 0 Å². The molecule has 0 aromatic heterocycles. The lowest BCUT2D eigenvalue weighted by Crippen LogP contribution is -2.36. The molecular formula is C10H20N2O2. The van der Waals surface area contributed by atoms with E-state index in [1.54, 1.807) is 0 Å². The molecule has 0 radical (unpaired) electrons. The Hall–Kier alpha value is -0.610. The van der Waals surface area contributed by atoms with Crippen LogP contribution in [0.5, 0.6) is 0 Å². The van der Waals surface area contributed by atoms with Gasteiger partial charge in [-0.05, 0) is 32.5 Å². The molecule has 3 N–H and O–H groups in total. The van der Waals surface area contributed by atoms with Crippen LogP contribution in [0.25, 0.3) is 0 Å². The number of carboxylic acids is 1. The van der Waals surface area contributed by atoms with Crippen molar-refractivity contribution in [2.45, 2.75) is 26.2 Å². The van der Waals surface area contributed by atoms with Crippen LogP contribution in [0.2, 0.25) is 0 Å². The summed E-state index contributed by atoms with van der Waals surface area (Å²) in [5, 5.41) is 8.81. The van der Waals surface area contributed by atoms with Crippen LogP contribution >= 0.6 is 0 Å². The molecule has 4 heteroatoms. The van der Waals surface area contributed by atoms with E-state index in [9.17, 15) is 4.79 Å². The monoisotopic (exact) mass is 200 g/mol. The summed E-state index contributed by atoms with van der Waals surface area (Å²) in [6.45, 7) is 5.53. The zero-order valence-electron chi connectivity index (χ0n) is 8.83. The SMILES string of the molecule is CCCN1CCC(CN)(CC(=O)O)C1. The Morgan fingerprint density at radius 2 is 2.36 bits per heavy atom. The number of hydrogen-bond acceptors (Lipinski definition) is 3. The van der Waals surface area contributed by atoms with Crippen LogP contribution in [0.15, 0.2) is 0 Å². The van der Waals surface area contributed by atoms with Gasteiger partial charge in [-0.15, -0.1) is 0 Å². The zero-order chi connectivity index (χ0) is 10.6. The third-order valence-corrected chi connectivity index (χ3v) is 3.02. The number of likely N-dealkylation sites (tertiary alicyclic amines) is 1. The molecule has 0 aliphatic carbocycles. The fourth-order valence-electron chi connectivity index (χ4n) is 2.24. The maximum absolute atomic E-state index is 10.7. The number of hydrogen-bond donors (Lipinski definition) is 2. The Kier molecular flexibility index (Phi) is 3.89. The summed E-state index contributed by atoms with van der Waals surface area (Å²) in [6, 6.07) is 0. The molecule has 14 heavy (non-hydrogen) atoms. The molecule has 4 nitrogen and oxygen atoms in total. The highest BCUT2D eigenvalue weighted by molar-refractivity contribution is 5.67. The molecule has 1 saturated heterocycles. The predicted octanol–water partition coefficient (Wildman–Crippen LogP) is 0.522. The summed E-state index contributed by atoms with van der Waals surface area (Å²) in [7, 11) is 0. The van der Waals surface area contributed by atoms with Crippen molar-refractivity contribution in [2.24, 2.45) is 11.1 Å². The van der Waals surface area contributed by atoms with Crippen LogP contribution in [0.1, 0.15) is 26.2 Å². The fourth-order valence-corrected chi connectivity index (χ4v) is 2.24. The van der Waals surface area contributed by atoms with Gasteiger partial charge in [0.15, 0.2) is 0 Å². The van der Waals surface area contributed by atoms with E-state index in [0.29, 0.717) is 6.54 Å². The highest BCUT2D eigenvalue weighted by Gasteiger charge is 2.38. The molecule has 82 valence electrons. The summed E-state index contributed by atoms with van der Waals surface area (Å²) in [4.78, 5) is 13.0. The van der Waals surface area contributed by atoms with Crippen LogP contribution in [-0.2, 0) is 4.79 Å². The average Bonchev–Trinajstić information content (AvgIpc) is 2.49. The number of nitrogens with two attached hydrogens (primary N) is 1. The molecule has 1 fully saturated rings. The van der Waals surface area contributed by atoms with E-state index >= 15 is 0 Å². The summed E-state index contributed by atoms with van der Waals surface area (Å²) in [5.74, 6) is -0.728. The predicted molar refractivity (Wildman–Crippen MR) is 55.1 cm³/mol. The molecule has 1 rings (SSSR count). The Bertz CT molecular complexity index is 208. The third kappa shape index (κ3) is 2.69. The van der Waals surface area contributed by atoms with Crippen molar-refractivity contribution in [1.82, 2.24) is 4.90 Å². The summed E-state index contributed by atoms with van der Waals surface area (Å²) in [6.07, 6.45) is 2.26. The van der Waals surface area contributed by atoms with E-state index in [1.807, 2.05) is 0 Å². The molecule has 0 bridgehead atoms. The van der Waals surface area contributed by atoms with Gasteiger partial charge >= 0.3 is 5.97 Å². The molecule has 1 heterocycles. The first-order valence-electron chi connectivity index (χ1n) is 5.26. The van der Waals surface area contributed by atoms with Crippen molar-refractivity contribution < 1.29 is 9.90 Å². The Morgan fingerprint density at radius 3 is 2.86 bits per heavy atom. The van der Waals surface area contributed by atoms with Crippen LogP contribution in [0.3, 0.4) is 0 Å². The van der Waals surface area contributed by atoms with Gasteiger partial charge in [-0.1, -0.05) is 6.92 Å². The van der Waals surface area contributed by atoms with Gasteiger partial charge in [0.05, 0.1) is 6.42 Å². The van der Waals surface area contributed by atoms with Gasteiger partial charge in [-0.3, -0.25) is 4.79 Å². The van der Waals surface area contributed by atoms with Crippen molar-refractivity contribution >= 4 is 5.97 Å². The lowest BCUT2D eigenvalue weighted by Gasteiger charge is -2.25. The normalized spacial score (nSPS) is 28.1. The first-order valence-corrected chi connectivity index (χ1v) is 5.26. The average molecular weight is 200 g/mol. The lowest BCUT2D eigenvalue weighted by molar-refractivity contribution is -0.139. The molecule has 1 atom stereocenters. The van der Waals surface area contributed by atoms with Crippen molar-refractivity contribution in [3.63, 3.8) is 0 Å². The number of carboxylic acid groups (broad SMARTS) is 1. The van der Waals surface area contributed by atoms with Crippen molar-refractivity contribution in [3.8, 4) is 0 Å². The van der Waals surface area contributed by atoms with E-state index in [2.05, 4.69) is 11.8 Å². The largest absolute Gasteiger partial charge is 0.481 e. The number of rotatable bonds is 5. The van der Waals surface area contributed by atoms with Crippen molar-refractivity contribution in [3.05, 3.63) is 0 Å². The molecule has 0 spiro atoms.